The first-order valence-corrected chi connectivity index (χ1v) is 10.8. The fourth-order valence-electron chi connectivity index (χ4n) is 4.14. The molecule has 0 amide bonds. The number of hydrogen-bond acceptors (Lipinski definition) is 2. The summed E-state index contributed by atoms with van der Waals surface area (Å²) in [5.74, 6) is 1.75. The number of alkyl halides is 1. The van der Waals surface area contributed by atoms with Crippen LogP contribution in [0.3, 0.4) is 0 Å². The van der Waals surface area contributed by atoms with E-state index >= 15 is 0 Å². The van der Waals surface area contributed by atoms with Gasteiger partial charge in [0.15, 0.2) is 0 Å². The molecule has 4 rings (SSSR count). The lowest BCUT2D eigenvalue weighted by molar-refractivity contribution is 0.414. The average molecular weight is 482 g/mol. The highest BCUT2D eigenvalue weighted by molar-refractivity contribution is 14.1. The van der Waals surface area contributed by atoms with Crippen LogP contribution in [0.15, 0.2) is 72.8 Å². The van der Waals surface area contributed by atoms with E-state index < -0.39 is 0 Å². The number of benzene rings is 3. The van der Waals surface area contributed by atoms with E-state index in [1.807, 2.05) is 24.3 Å². The second kappa shape index (κ2) is 7.63. The van der Waals surface area contributed by atoms with Crippen molar-refractivity contribution >= 4 is 33.7 Å². The summed E-state index contributed by atoms with van der Waals surface area (Å²) >= 11 is 2.52. The van der Waals surface area contributed by atoms with Gasteiger partial charge in [-0.1, -0.05) is 78.0 Å². The van der Waals surface area contributed by atoms with Crippen LogP contribution in [0.2, 0.25) is 0 Å². The van der Waals surface area contributed by atoms with Gasteiger partial charge >= 0.3 is 0 Å². The van der Waals surface area contributed by atoms with E-state index in [0.717, 1.165) is 15.9 Å². The van der Waals surface area contributed by atoms with E-state index in [9.17, 15) is 0 Å². The molecule has 1 unspecified atom stereocenters. The normalized spacial score (nSPS) is 18.1. The summed E-state index contributed by atoms with van der Waals surface area (Å²) in [6.07, 6.45) is 0. The van der Waals surface area contributed by atoms with Crippen molar-refractivity contribution in [3.63, 3.8) is 0 Å². The molecule has 0 radical (unpaired) electrons. The predicted molar refractivity (Wildman–Crippen MR) is 125 cm³/mol. The van der Waals surface area contributed by atoms with Gasteiger partial charge in [-0.2, -0.15) is 0 Å². The van der Waals surface area contributed by atoms with Gasteiger partial charge < -0.3 is 9.47 Å². The van der Waals surface area contributed by atoms with Crippen LogP contribution in [-0.2, 0) is 5.41 Å². The van der Waals surface area contributed by atoms with Crippen LogP contribution in [-0.4, -0.2) is 18.6 Å². The molecule has 0 heterocycles. The Labute approximate surface area is 180 Å². The van der Waals surface area contributed by atoms with E-state index in [1.54, 1.807) is 14.2 Å². The van der Waals surface area contributed by atoms with Crippen LogP contribution < -0.4 is 9.47 Å². The molecule has 0 N–H and O–H groups in total. The number of allylic oxidation sites excluding steroid dienone is 1. The van der Waals surface area contributed by atoms with Gasteiger partial charge in [0.05, 0.1) is 14.2 Å². The summed E-state index contributed by atoms with van der Waals surface area (Å²) in [5.41, 5.74) is 7.79. The molecule has 1 aliphatic rings. The molecule has 28 heavy (non-hydrogen) atoms. The van der Waals surface area contributed by atoms with Gasteiger partial charge in [-0.25, -0.2) is 0 Å². The molecule has 1 aliphatic carbocycles. The number of fused-ring (bicyclic) bond motifs is 1. The smallest absolute Gasteiger partial charge is 0.118 e. The first-order chi connectivity index (χ1) is 13.6. The Bertz CT molecular complexity index is 1020. The third-order valence-corrected chi connectivity index (χ3v) is 7.14. The van der Waals surface area contributed by atoms with E-state index in [0.29, 0.717) is 0 Å². The Kier molecular flexibility index (Phi) is 5.19. The van der Waals surface area contributed by atoms with Crippen LogP contribution in [0.4, 0.5) is 0 Å². The lowest BCUT2D eigenvalue weighted by atomic mass is 9.78. The summed E-state index contributed by atoms with van der Waals surface area (Å²) in [7, 11) is 3.41. The van der Waals surface area contributed by atoms with Gasteiger partial charge in [0, 0.05) is 9.84 Å². The van der Waals surface area contributed by atoms with E-state index in [1.165, 1.54) is 33.4 Å². The molecule has 142 valence electrons. The van der Waals surface area contributed by atoms with Crippen molar-refractivity contribution in [2.24, 2.45) is 0 Å². The summed E-state index contributed by atoms with van der Waals surface area (Å²) in [4.78, 5) is 0. The predicted octanol–water partition coefficient (Wildman–Crippen LogP) is 6.37. The molecule has 3 aromatic rings. The summed E-state index contributed by atoms with van der Waals surface area (Å²) in [6.45, 7) is 2.36. The zero-order valence-corrected chi connectivity index (χ0v) is 18.5. The minimum absolute atomic E-state index is 0.0546. The average Bonchev–Trinajstić information content (AvgIpc) is 3.03. The van der Waals surface area contributed by atoms with Gasteiger partial charge in [-0.15, -0.1) is 0 Å². The quantitative estimate of drug-likeness (QED) is 0.311. The van der Waals surface area contributed by atoms with Gasteiger partial charge in [-0.05, 0) is 57.7 Å². The molecule has 3 heteroatoms. The molecule has 2 nitrogen and oxygen atoms in total. The molecule has 0 saturated heterocycles. The van der Waals surface area contributed by atoms with Crippen molar-refractivity contribution in [3.8, 4) is 11.5 Å². The Hall–Kier alpha value is -2.27. The Balaban J connectivity index is 2.00. The first kappa shape index (κ1) is 19.1. The monoisotopic (exact) mass is 482 g/mol. The maximum atomic E-state index is 5.38. The highest BCUT2D eigenvalue weighted by atomic mass is 127. The molecule has 0 bridgehead atoms. The Morgan fingerprint density at radius 1 is 0.750 bits per heavy atom. The number of methoxy groups -OCH3 is 2. The zero-order chi connectivity index (χ0) is 19.7. The fourth-order valence-corrected chi connectivity index (χ4v) is 4.94. The van der Waals surface area contributed by atoms with Crippen molar-refractivity contribution in [1.29, 1.82) is 0 Å². The lowest BCUT2D eigenvalue weighted by Gasteiger charge is -2.28. The second-order valence-corrected chi connectivity index (χ2v) is 7.98. The SMILES string of the molecule is COc1ccc(C2=C(c3ccc(OC)cc3)C(C)(CI)c3ccccc32)cc1. The topological polar surface area (TPSA) is 18.5 Å². The summed E-state index contributed by atoms with van der Waals surface area (Å²) in [6, 6.07) is 25.6. The third kappa shape index (κ3) is 3.02. The molecular formula is C25H23IO2. The molecule has 3 aromatic carbocycles. The van der Waals surface area contributed by atoms with Crippen LogP contribution in [0.1, 0.15) is 29.2 Å². The molecule has 0 spiro atoms. The number of hydrogen-bond donors (Lipinski definition) is 0. The number of rotatable bonds is 5. The molecule has 0 saturated carbocycles. The maximum absolute atomic E-state index is 5.38. The molecule has 0 aliphatic heterocycles. The molecule has 0 fully saturated rings. The van der Waals surface area contributed by atoms with Crippen LogP contribution >= 0.6 is 22.6 Å². The van der Waals surface area contributed by atoms with Crippen molar-refractivity contribution in [2.45, 2.75) is 12.3 Å². The highest BCUT2D eigenvalue weighted by Crippen LogP contribution is 2.54. The largest absolute Gasteiger partial charge is 0.497 e. The van der Waals surface area contributed by atoms with Crippen LogP contribution in [0, 0.1) is 0 Å². The lowest BCUT2D eigenvalue weighted by Crippen LogP contribution is -2.23. The van der Waals surface area contributed by atoms with Crippen LogP contribution in [0.25, 0.3) is 11.1 Å². The highest BCUT2D eigenvalue weighted by Gasteiger charge is 2.41. The minimum atomic E-state index is -0.0546. The van der Waals surface area contributed by atoms with Gasteiger partial charge in [0.1, 0.15) is 11.5 Å². The van der Waals surface area contributed by atoms with Gasteiger partial charge in [0.2, 0.25) is 0 Å². The maximum Gasteiger partial charge on any atom is 0.118 e. The zero-order valence-electron chi connectivity index (χ0n) is 16.3. The number of ether oxygens (including phenoxy) is 2. The van der Waals surface area contributed by atoms with Crippen molar-refractivity contribution in [1.82, 2.24) is 0 Å². The molecule has 0 aromatic heterocycles. The fraction of sp³-hybridized carbons (Fsp3) is 0.200. The summed E-state index contributed by atoms with van der Waals surface area (Å²) < 4.78 is 11.7. The minimum Gasteiger partial charge on any atom is -0.497 e. The van der Waals surface area contributed by atoms with Gasteiger partial charge in [0.25, 0.3) is 0 Å². The van der Waals surface area contributed by atoms with Crippen molar-refractivity contribution in [3.05, 3.63) is 95.1 Å². The van der Waals surface area contributed by atoms with E-state index in [-0.39, 0.29) is 5.41 Å². The number of halogens is 1. The first-order valence-electron chi connectivity index (χ1n) is 9.32. The van der Waals surface area contributed by atoms with Gasteiger partial charge in [-0.3, -0.25) is 0 Å². The standard InChI is InChI=1S/C25H23IO2/c1-25(16-26)22-7-5-4-6-21(22)23(17-8-12-19(27-2)13-9-17)24(25)18-10-14-20(28-3)15-11-18/h4-15H,16H2,1-3H3. The third-order valence-electron chi connectivity index (χ3n) is 5.62. The van der Waals surface area contributed by atoms with Crippen molar-refractivity contribution in [2.75, 3.05) is 18.6 Å². The van der Waals surface area contributed by atoms with E-state index in [2.05, 4.69) is 78.0 Å². The summed E-state index contributed by atoms with van der Waals surface area (Å²) in [5, 5.41) is 0. The second-order valence-electron chi connectivity index (χ2n) is 7.22. The van der Waals surface area contributed by atoms with E-state index in [4.69, 9.17) is 9.47 Å². The van der Waals surface area contributed by atoms with Crippen LogP contribution in [0.5, 0.6) is 11.5 Å². The van der Waals surface area contributed by atoms with Crippen molar-refractivity contribution < 1.29 is 9.47 Å². The molecule has 1 atom stereocenters. The Morgan fingerprint density at radius 2 is 1.29 bits per heavy atom. The Morgan fingerprint density at radius 3 is 1.82 bits per heavy atom. The molecular weight excluding hydrogens is 459 g/mol.